The summed E-state index contributed by atoms with van der Waals surface area (Å²) in [5.74, 6) is 0. The van der Waals surface area contributed by atoms with Crippen LogP contribution in [0.25, 0.3) is 0 Å². The fraction of sp³-hybridized carbons (Fsp3) is 1.00. The first kappa shape index (κ1) is 57.1. The third-order valence-electron chi connectivity index (χ3n) is 0.259. The van der Waals surface area contributed by atoms with E-state index in [4.69, 9.17) is 0 Å². The maximum absolute atomic E-state index is 10.7. The number of alkyl halides is 16. The van der Waals surface area contributed by atoms with E-state index in [2.05, 4.69) is 9.88 Å². The molecule has 0 aliphatic heterocycles. The first-order chi connectivity index (χ1) is 12.9. The highest BCUT2D eigenvalue weighted by Gasteiger charge is 2.27. The molecule has 0 aromatic heterocycles. The van der Waals surface area contributed by atoms with Crippen LogP contribution in [0.3, 0.4) is 0 Å². The standard InChI is InChI=1S/C2H2F4O.C2H4F2.CF4.CH2F2O.3CH2F2.2CH4/c3-2(4,5)1-7-6;1-2(3)4;2-1(3,4)5;2-1-4-3;3*2-1-3;;/h1H2;2H,1H3;;1H2;3*1H2;2*1H4. The first-order valence-corrected chi connectivity index (χ1v) is 5.45. The predicted molar refractivity (Wildman–Crippen MR) is 74.8 cm³/mol. The molecule has 0 aliphatic carbocycles. The van der Waals surface area contributed by atoms with Crippen molar-refractivity contribution in [2.75, 3.05) is 34.3 Å². The summed E-state index contributed by atoms with van der Waals surface area (Å²) in [5, 5.41) is 0. The van der Waals surface area contributed by atoms with Gasteiger partial charge in [-0.25, -0.2) is 39.5 Å². The third kappa shape index (κ3) is 1520. The molecule has 31 heavy (non-hydrogen) atoms. The van der Waals surface area contributed by atoms with Gasteiger partial charge in [0.1, 0.15) is 0 Å². The van der Waals surface area contributed by atoms with Crippen LogP contribution in [0.4, 0.5) is 79.3 Å². The van der Waals surface area contributed by atoms with Crippen molar-refractivity contribution < 1.29 is 89.2 Å². The van der Waals surface area contributed by atoms with Gasteiger partial charge in [-0.1, -0.05) is 14.9 Å². The highest BCUT2D eigenvalue weighted by Crippen LogP contribution is 2.14. The smallest absolute Gasteiger partial charge is 0.216 e. The molecule has 0 spiro atoms. The lowest BCUT2D eigenvalue weighted by Gasteiger charge is -1.97. The Morgan fingerprint density at radius 1 is 0.613 bits per heavy atom. The van der Waals surface area contributed by atoms with Gasteiger partial charge < -0.3 is 0 Å². The lowest BCUT2D eigenvalue weighted by atomic mass is 10.7. The van der Waals surface area contributed by atoms with Crippen molar-refractivity contribution in [3.05, 3.63) is 0 Å². The minimum atomic E-state index is -5.50. The Morgan fingerprint density at radius 3 is 0.742 bits per heavy atom. The van der Waals surface area contributed by atoms with Gasteiger partial charge in [0.05, 0.1) is 0 Å². The van der Waals surface area contributed by atoms with Gasteiger partial charge in [-0.3, -0.25) is 0 Å². The SMILES string of the molecule is C.C.CC(F)F.FC(F)(F)F.FCF.FCF.FCF.FCOF.FOCC(F)(F)F. The second-order valence-corrected chi connectivity index (χ2v) is 2.34. The average molecular weight is 528 g/mol. The Bertz CT molecular complexity index is 198. The van der Waals surface area contributed by atoms with Gasteiger partial charge in [0, 0.05) is 0 Å². The minimum Gasteiger partial charge on any atom is -0.216 e. The van der Waals surface area contributed by atoms with Crippen LogP contribution in [0.1, 0.15) is 21.8 Å². The second-order valence-electron chi connectivity index (χ2n) is 2.34. The van der Waals surface area contributed by atoms with Crippen molar-refractivity contribution in [1.29, 1.82) is 0 Å². The van der Waals surface area contributed by atoms with Gasteiger partial charge in [-0.05, 0) is 16.0 Å². The van der Waals surface area contributed by atoms with Gasteiger partial charge in [0.25, 0.3) is 0 Å². The quantitative estimate of drug-likeness (QED) is 0.333. The van der Waals surface area contributed by atoms with E-state index >= 15 is 0 Å². The number of hydrogen-bond acceptors (Lipinski definition) is 2. The number of hydrogen-bond donors (Lipinski definition) is 0. The third-order valence-corrected chi connectivity index (χ3v) is 0.259. The Labute approximate surface area is 165 Å². The zero-order valence-electron chi connectivity index (χ0n) is 13.7. The Morgan fingerprint density at radius 2 is 0.742 bits per heavy atom. The summed E-state index contributed by atoms with van der Waals surface area (Å²) in [6.07, 6.45) is -12.2. The van der Waals surface area contributed by atoms with E-state index in [-0.39, 0.29) is 14.9 Å². The summed E-state index contributed by atoms with van der Waals surface area (Å²) in [6, 6.07) is 0. The predicted octanol–water partition coefficient (Wildman–Crippen LogP) is 8.93. The van der Waals surface area contributed by atoms with Gasteiger partial charge in [-0.15, -0.1) is 17.6 Å². The van der Waals surface area contributed by atoms with Gasteiger partial charge in [0.2, 0.25) is 34.1 Å². The van der Waals surface area contributed by atoms with E-state index in [0.29, 0.717) is 0 Å². The molecule has 0 aliphatic rings. The van der Waals surface area contributed by atoms with Crippen LogP contribution < -0.4 is 0 Å². The van der Waals surface area contributed by atoms with E-state index in [1.54, 1.807) is 0 Å². The summed E-state index contributed by atoms with van der Waals surface area (Å²) in [5.41, 5.74) is 0. The fourth-order valence-corrected chi connectivity index (χ4v) is 0.0619. The summed E-state index contributed by atoms with van der Waals surface area (Å²) >= 11 is 0. The molecule has 0 heterocycles. The maximum atomic E-state index is 10.7. The van der Waals surface area contributed by atoms with Gasteiger partial charge in [-0.2, -0.15) is 23.1 Å². The lowest BCUT2D eigenvalue weighted by Crippen LogP contribution is -2.13. The van der Waals surface area contributed by atoms with Crippen molar-refractivity contribution in [3.8, 4) is 0 Å². The molecule has 20 heteroatoms. The molecule has 0 aromatic rings. The molecule has 0 radical (unpaired) electrons. The molecule has 204 valence electrons. The molecule has 2 nitrogen and oxygen atoms in total. The molecular weight excluding hydrogens is 506 g/mol. The molecule has 0 rings (SSSR count). The van der Waals surface area contributed by atoms with Crippen LogP contribution in [-0.2, 0) is 9.88 Å². The van der Waals surface area contributed by atoms with Crippen molar-refractivity contribution in [2.45, 2.75) is 40.8 Å². The van der Waals surface area contributed by atoms with E-state index in [0.717, 1.165) is 6.92 Å². The van der Waals surface area contributed by atoms with Crippen LogP contribution in [0.2, 0.25) is 0 Å². The van der Waals surface area contributed by atoms with Crippen LogP contribution in [0.15, 0.2) is 0 Å². The summed E-state index contributed by atoms with van der Waals surface area (Å²) < 4.78 is 179. The maximum Gasteiger partial charge on any atom is 0.559 e. The van der Waals surface area contributed by atoms with E-state index < -0.39 is 53.3 Å². The number of rotatable bonds is 2. The molecule has 0 aromatic carbocycles. The first-order valence-electron chi connectivity index (χ1n) is 5.45. The van der Waals surface area contributed by atoms with Crippen molar-refractivity contribution in [3.63, 3.8) is 0 Å². The Hall–Kier alpha value is -1.34. The summed E-state index contributed by atoms with van der Waals surface area (Å²) in [6.45, 7) is -7.59. The topological polar surface area (TPSA) is 18.5 Å². The van der Waals surface area contributed by atoms with Crippen LogP contribution in [-0.4, -0.2) is 53.3 Å². The monoisotopic (exact) mass is 528 g/mol. The molecule has 0 saturated heterocycles. The zero-order chi connectivity index (χ0) is 25.5. The molecule has 0 unspecified atom stereocenters. The van der Waals surface area contributed by atoms with Crippen molar-refractivity contribution in [1.82, 2.24) is 0 Å². The Kier molecular flexibility index (Phi) is 94.6. The fourth-order valence-electron chi connectivity index (χ4n) is 0.0619. The number of halogens is 18. The Balaban J connectivity index is -0.0000000264. The highest BCUT2D eigenvalue weighted by atomic mass is 19.5. The van der Waals surface area contributed by atoms with Crippen LogP contribution in [0, 0.1) is 0 Å². The van der Waals surface area contributed by atoms with E-state index in [9.17, 15) is 79.3 Å². The lowest BCUT2D eigenvalue weighted by molar-refractivity contribution is -0.245. The molecule has 0 saturated carbocycles. The summed E-state index contributed by atoms with van der Waals surface area (Å²) in [4.78, 5) is 4.66. The molecule has 0 amide bonds. The molecule has 0 fully saturated rings. The van der Waals surface area contributed by atoms with E-state index in [1.807, 2.05) is 0 Å². The molecule has 0 bridgehead atoms. The van der Waals surface area contributed by atoms with Crippen LogP contribution in [0.5, 0.6) is 0 Å². The largest absolute Gasteiger partial charge is 0.559 e. The van der Waals surface area contributed by atoms with Crippen LogP contribution >= 0.6 is 0 Å². The zero-order valence-corrected chi connectivity index (χ0v) is 13.7. The second kappa shape index (κ2) is 51.4. The molecule has 0 N–H and O–H groups in total. The summed E-state index contributed by atoms with van der Waals surface area (Å²) in [7, 11) is 0. The highest BCUT2D eigenvalue weighted by molar-refractivity contribution is 4.40. The van der Waals surface area contributed by atoms with E-state index in [1.165, 1.54) is 0 Å². The van der Waals surface area contributed by atoms with Gasteiger partial charge in [0.15, 0.2) is 6.61 Å². The minimum absolute atomic E-state index is 0. The average Bonchev–Trinajstić information content (AvgIpc) is 2.46. The molecule has 0 atom stereocenters. The normalized spacial score (nSPS) is 8.52. The van der Waals surface area contributed by atoms with Gasteiger partial charge >= 0.3 is 12.6 Å². The van der Waals surface area contributed by atoms with Crippen molar-refractivity contribution in [2.24, 2.45) is 0 Å². The van der Waals surface area contributed by atoms with Crippen molar-refractivity contribution >= 4 is 0 Å². The molecular formula is C11H22F18O2.